The molecule has 2 N–H and O–H groups in total. The third-order valence-corrected chi connectivity index (χ3v) is 4.32. The summed E-state index contributed by atoms with van der Waals surface area (Å²) in [5.41, 5.74) is 2.25. The minimum atomic E-state index is -0.197. The Morgan fingerprint density at radius 3 is 2.67 bits per heavy atom. The first-order chi connectivity index (χ1) is 11.4. The zero-order valence-corrected chi connectivity index (χ0v) is 14.7. The highest BCUT2D eigenvalue weighted by Crippen LogP contribution is 2.25. The number of benzene rings is 1. The molecule has 0 saturated carbocycles. The summed E-state index contributed by atoms with van der Waals surface area (Å²) in [7, 11) is 0. The molecule has 1 amide bonds. The predicted molar refractivity (Wildman–Crippen MR) is 95.6 cm³/mol. The summed E-state index contributed by atoms with van der Waals surface area (Å²) in [5, 5.41) is 11.2. The van der Waals surface area contributed by atoms with Gasteiger partial charge in [-0.05, 0) is 31.5 Å². The van der Waals surface area contributed by atoms with Crippen molar-refractivity contribution < 1.29 is 4.79 Å². The fraction of sp³-hybridized carbons (Fsp3) is 0.474. The van der Waals surface area contributed by atoms with E-state index in [9.17, 15) is 4.79 Å². The van der Waals surface area contributed by atoms with Crippen LogP contribution in [-0.2, 0) is 5.41 Å². The average molecular weight is 326 g/mol. The number of rotatable bonds is 3. The van der Waals surface area contributed by atoms with Gasteiger partial charge in [0.1, 0.15) is 0 Å². The fourth-order valence-corrected chi connectivity index (χ4v) is 3.05. The molecule has 0 spiro atoms. The van der Waals surface area contributed by atoms with Gasteiger partial charge in [0, 0.05) is 24.2 Å². The molecule has 1 fully saturated rings. The molecule has 1 aromatic carbocycles. The van der Waals surface area contributed by atoms with Crippen LogP contribution in [0, 0.1) is 0 Å². The van der Waals surface area contributed by atoms with Crippen LogP contribution in [0.25, 0.3) is 5.69 Å². The molecule has 128 valence electrons. The second-order valence-electron chi connectivity index (χ2n) is 7.44. The van der Waals surface area contributed by atoms with Gasteiger partial charge < -0.3 is 10.6 Å². The van der Waals surface area contributed by atoms with Gasteiger partial charge >= 0.3 is 0 Å². The molecule has 5 heteroatoms. The van der Waals surface area contributed by atoms with Gasteiger partial charge in [0.2, 0.25) is 0 Å². The lowest BCUT2D eigenvalue weighted by Crippen LogP contribution is -2.45. The number of nitrogens with zero attached hydrogens (tertiary/aromatic N) is 2. The van der Waals surface area contributed by atoms with Crippen LogP contribution in [0.3, 0.4) is 0 Å². The van der Waals surface area contributed by atoms with Crippen molar-refractivity contribution in [2.24, 2.45) is 0 Å². The topological polar surface area (TPSA) is 59.0 Å². The Labute approximate surface area is 143 Å². The number of hydrogen-bond acceptors (Lipinski definition) is 3. The van der Waals surface area contributed by atoms with Crippen LogP contribution in [0.1, 0.15) is 49.7 Å². The Morgan fingerprint density at radius 1 is 1.29 bits per heavy atom. The maximum atomic E-state index is 12.8. The zero-order chi connectivity index (χ0) is 17.2. The molecule has 5 nitrogen and oxygen atoms in total. The summed E-state index contributed by atoms with van der Waals surface area (Å²) >= 11 is 0. The van der Waals surface area contributed by atoms with Crippen LogP contribution in [0.5, 0.6) is 0 Å². The van der Waals surface area contributed by atoms with Crippen LogP contribution >= 0.6 is 0 Å². The quantitative estimate of drug-likeness (QED) is 0.912. The molecule has 3 rings (SSSR count). The lowest BCUT2D eigenvalue weighted by molar-refractivity contribution is 0.0928. The SMILES string of the molecule is CC(C)(C)c1nn(-c2ccccc2)cc1C(=O)N[C@H]1CCCNC1. The van der Waals surface area contributed by atoms with Crippen molar-refractivity contribution in [3.8, 4) is 5.69 Å². The Morgan fingerprint density at radius 2 is 2.04 bits per heavy atom. The maximum Gasteiger partial charge on any atom is 0.255 e. The lowest BCUT2D eigenvalue weighted by Gasteiger charge is -2.24. The highest BCUT2D eigenvalue weighted by atomic mass is 16.1. The largest absolute Gasteiger partial charge is 0.348 e. The van der Waals surface area contributed by atoms with Crippen molar-refractivity contribution in [2.45, 2.75) is 45.1 Å². The zero-order valence-electron chi connectivity index (χ0n) is 14.7. The number of carbonyl (C=O) groups excluding carboxylic acids is 1. The van der Waals surface area contributed by atoms with Crippen LogP contribution in [0.2, 0.25) is 0 Å². The van der Waals surface area contributed by atoms with E-state index in [1.807, 2.05) is 36.5 Å². The Bertz CT molecular complexity index is 694. The first kappa shape index (κ1) is 16.7. The molecule has 1 aliphatic rings. The molecular formula is C19H26N4O. The molecule has 0 aliphatic carbocycles. The van der Waals surface area contributed by atoms with Crippen molar-refractivity contribution in [1.82, 2.24) is 20.4 Å². The number of nitrogens with one attached hydrogen (secondary N) is 2. The molecule has 24 heavy (non-hydrogen) atoms. The lowest BCUT2D eigenvalue weighted by atomic mass is 9.89. The molecule has 1 aromatic heterocycles. The Kier molecular flexibility index (Phi) is 4.71. The Hall–Kier alpha value is -2.14. The number of piperidine rings is 1. The van der Waals surface area contributed by atoms with Crippen LogP contribution in [0.15, 0.2) is 36.5 Å². The summed E-state index contributed by atoms with van der Waals surface area (Å²) in [5.74, 6) is -0.0317. The van der Waals surface area contributed by atoms with Crippen molar-refractivity contribution >= 4 is 5.91 Å². The van der Waals surface area contributed by atoms with Crippen molar-refractivity contribution in [3.63, 3.8) is 0 Å². The summed E-state index contributed by atoms with van der Waals surface area (Å²) < 4.78 is 1.80. The second-order valence-corrected chi connectivity index (χ2v) is 7.44. The molecular weight excluding hydrogens is 300 g/mol. The van der Waals surface area contributed by atoms with Gasteiger partial charge in [-0.25, -0.2) is 4.68 Å². The van der Waals surface area contributed by atoms with Gasteiger partial charge in [-0.1, -0.05) is 39.0 Å². The van der Waals surface area contributed by atoms with Gasteiger partial charge in [-0.3, -0.25) is 4.79 Å². The van der Waals surface area contributed by atoms with E-state index in [4.69, 9.17) is 5.10 Å². The third-order valence-electron chi connectivity index (χ3n) is 4.32. The standard InChI is InChI=1S/C19H26N4O/c1-19(2,3)17-16(18(24)21-14-8-7-11-20-12-14)13-23(22-17)15-9-5-4-6-10-15/h4-6,9-10,13-14,20H,7-8,11-12H2,1-3H3,(H,21,24)/t14-/m0/s1. The van der Waals surface area contributed by atoms with Gasteiger partial charge in [0.15, 0.2) is 0 Å². The normalized spacial score (nSPS) is 18.4. The number of hydrogen-bond donors (Lipinski definition) is 2. The summed E-state index contributed by atoms with van der Waals surface area (Å²) in [6.45, 7) is 8.13. The molecule has 1 saturated heterocycles. The fourth-order valence-electron chi connectivity index (χ4n) is 3.05. The molecule has 0 unspecified atom stereocenters. The summed E-state index contributed by atoms with van der Waals surface area (Å²) in [6.07, 6.45) is 3.97. The molecule has 2 aromatic rings. The number of para-hydroxylation sites is 1. The summed E-state index contributed by atoms with van der Waals surface area (Å²) in [6, 6.07) is 10.1. The highest BCUT2D eigenvalue weighted by Gasteiger charge is 2.27. The number of amides is 1. The van der Waals surface area contributed by atoms with E-state index in [2.05, 4.69) is 31.4 Å². The molecule has 0 radical (unpaired) electrons. The van der Waals surface area contributed by atoms with E-state index in [0.29, 0.717) is 5.56 Å². The van der Waals surface area contributed by atoms with E-state index in [1.165, 1.54) is 0 Å². The van der Waals surface area contributed by atoms with E-state index in [-0.39, 0.29) is 17.4 Å². The average Bonchev–Trinajstić information content (AvgIpc) is 3.02. The van der Waals surface area contributed by atoms with Crippen molar-refractivity contribution in [2.75, 3.05) is 13.1 Å². The maximum absolute atomic E-state index is 12.8. The van der Waals surface area contributed by atoms with Crippen LogP contribution in [0.4, 0.5) is 0 Å². The Balaban J connectivity index is 1.90. The van der Waals surface area contributed by atoms with Crippen LogP contribution < -0.4 is 10.6 Å². The first-order valence-electron chi connectivity index (χ1n) is 8.62. The third kappa shape index (κ3) is 3.67. The minimum Gasteiger partial charge on any atom is -0.348 e. The van der Waals surface area contributed by atoms with E-state index in [1.54, 1.807) is 4.68 Å². The smallest absolute Gasteiger partial charge is 0.255 e. The monoisotopic (exact) mass is 326 g/mol. The molecule has 2 heterocycles. The van der Waals surface area contributed by atoms with Gasteiger partial charge in [0.05, 0.1) is 16.9 Å². The van der Waals surface area contributed by atoms with E-state index < -0.39 is 0 Å². The summed E-state index contributed by atoms with van der Waals surface area (Å²) in [4.78, 5) is 12.8. The van der Waals surface area contributed by atoms with Crippen LogP contribution in [-0.4, -0.2) is 34.8 Å². The van der Waals surface area contributed by atoms with Gasteiger partial charge in [-0.2, -0.15) is 5.10 Å². The predicted octanol–water partition coefficient (Wildman–Crippen LogP) is 2.65. The molecule has 0 bridgehead atoms. The molecule has 1 aliphatic heterocycles. The second kappa shape index (κ2) is 6.77. The van der Waals surface area contributed by atoms with Gasteiger partial charge in [-0.15, -0.1) is 0 Å². The van der Waals surface area contributed by atoms with Gasteiger partial charge in [0.25, 0.3) is 5.91 Å². The van der Waals surface area contributed by atoms with E-state index in [0.717, 1.165) is 37.3 Å². The number of carbonyl (C=O) groups is 1. The minimum absolute atomic E-state index is 0.0317. The highest BCUT2D eigenvalue weighted by molar-refractivity contribution is 5.95. The number of aromatic nitrogens is 2. The first-order valence-corrected chi connectivity index (χ1v) is 8.62. The molecule has 1 atom stereocenters. The van der Waals surface area contributed by atoms with Crippen molar-refractivity contribution in [1.29, 1.82) is 0 Å². The van der Waals surface area contributed by atoms with E-state index >= 15 is 0 Å². The van der Waals surface area contributed by atoms with Crippen molar-refractivity contribution in [3.05, 3.63) is 47.8 Å².